The van der Waals surface area contributed by atoms with Gasteiger partial charge in [-0.15, -0.1) is 0 Å². The fourth-order valence-electron chi connectivity index (χ4n) is 12.3. The highest BCUT2D eigenvalue weighted by atomic mass is 79.9. The maximum Gasteiger partial charge on any atom is 0.488 e. The number of benzene rings is 12. The lowest BCUT2D eigenvalue weighted by Gasteiger charge is -2.28. The van der Waals surface area contributed by atoms with Gasteiger partial charge in [0.05, 0.1) is 0 Å². The maximum atomic E-state index is 11.1. The minimum Gasteiger partial charge on any atom is -0.423 e. The number of hydrogen-bond acceptors (Lipinski definition) is 6. The molecule has 0 aliphatic heterocycles. The van der Waals surface area contributed by atoms with E-state index >= 15 is 0 Å². The molecule has 14 rings (SSSR count). The summed E-state index contributed by atoms with van der Waals surface area (Å²) in [7, 11) is -1.46. The van der Waals surface area contributed by atoms with Gasteiger partial charge in [-0.05, 0) is 168 Å². The van der Waals surface area contributed by atoms with Crippen molar-refractivity contribution in [2.45, 2.75) is 46.0 Å². The topological polar surface area (TPSA) is 81.1 Å². The van der Waals surface area contributed by atoms with Gasteiger partial charge in [0.1, 0.15) is 12.6 Å². The van der Waals surface area contributed by atoms with Crippen LogP contribution in [0.25, 0.3) is 55.6 Å². The zero-order chi connectivity index (χ0) is 60.9. The van der Waals surface area contributed by atoms with Gasteiger partial charge in [-0.2, -0.15) is 0 Å². The molecule has 2 aliphatic rings. The van der Waals surface area contributed by atoms with E-state index < -0.39 is 7.12 Å². The first-order valence-corrected chi connectivity index (χ1v) is 30.3. The Morgan fingerprint density at radius 1 is 0.326 bits per heavy atom. The molecular formula is C81H68BBrN2O4. The molecule has 0 saturated carbocycles. The van der Waals surface area contributed by atoms with E-state index in [0.29, 0.717) is 22.9 Å². The van der Waals surface area contributed by atoms with E-state index in [1.165, 1.54) is 96.7 Å². The molecule has 2 N–H and O–H groups in total. The van der Waals surface area contributed by atoms with Crippen LogP contribution in [0.15, 0.2) is 296 Å². The van der Waals surface area contributed by atoms with Crippen molar-refractivity contribution in [2.24, 2.45) is 0 Å². The lowest BCUT2D eigenvalue weighted by molar-refractivity contribution is 0.111. The van der Waals surface area contributed by atoms with Crippen LogP contribution in [0.3, 0.4) is 0 Å². The molecule has 12 aromatic carbocycles. The van der Waals surface area contributed by atoms with Crippen LogP contribution < -0.4 is 15.3 Å². The molecule has 0 amide bonds. The van der Waals surface area contributed by atoms with Crippen molar-refractivity contribution in [1.82, 2.24) is 0 Å². The van der Waals surface area contributed by atoms with E-state index in [0.717, 1.165) is 50.3 Å². The summed E-state index contributed by atoms with van der Waals surface area (Å²) in [5.74, 6) is 0. The van der Waals surface area contributed by atoms with E-state index in [-0.39, 0.29) is 18.3 Å². The first-order valence-electron chi connectivity index (χ1n) is 29.5. The molecule has 0 radical (unpaired) electrons. The van der Waals surface area contributed by atoms with Gasteiger partial charge in [0.2, 0.25) is 0 Å². The van der Waals surface area contributed by atoms with Gasteiger partial charge in [-0.25, -0.2) is 0 Å². The molecule has 8 heteroatoms. The summed E-state index contributed by atoms with van der Waals surface area (Å²) >= 11 is 3.60. The van der Waals surface area contributed by atoms with Crippen LogP contribution in [0.4, 0.5) is 34.1 Å². The average Bonchev–Trinajstić information content (AvgIpc) is 1.64. The molecule has 0 heterocycles. The number of fused-ring (bicyclic) bond motifs is 6. The molecule has 89 heavy (non-hydrogen) atoms. The highest BCUT2D eigenvalue weighted by Gasteiger charge is 2.37. The Balaban J connectivity index is 0.000000157. The highest BCUT2D eigenvalue weighted by molar-refractivity contribution is 9.10. The summed E-state index contributed by atoms with van der Waals surface area (Å²) in [6, 6.07) is 101. The van der Waals surface area contributed by atoms with Crippen LogP contribution in [0, 0.1) is 0 Å². The van der Waals surface area contributed by atoms with Crippen molar-refractivity contribution in [1.29, 1.82) is 0 Å². The predicted octanol–water partition coefficient (Wildman–Crippen LogP) is 20.3. The Labute approximate surface area is 532 Å². The van der Waals surface area contributed by atoms with Gasteiger partial charge in [-0.3, -0.25) is 9.59 Å². The van der Waals surface area contributed by atoms with Gasteiger partial charge in [-0.1, -0.05) is 257 Å². The molecule has 0 atom stereocenters. The van der Waals surface area contributed by atoms with Gasteiger partial charge in [0.15, 0.2) is 0 Å². The number of carbonyl (C=O) groups is 2. The van der Waals surface area contributed by atoms with Gasteiger partial charge in [0, 0.05) is 60.6 Å². The molecule has 12 aromatic rings. The monoisotopic (exact) mass is 1220 g/mol. The Bertz CT molecular complexity index is 4420. The lowest BCUT2D eigenvalue weighted by atomic mass is 9.80. The summed E-state index contributed by atoms with van der Waals surface area (Å²) in [5.41, 5.74) is 26.1. The number of anilines is 6. The van der Waals surface area contributed by atoms with E-state index in [1.807, 2.05) is 30.3 Å². The molecule has 436 valence electrons. The fraction of sp³-hybridized carbons (Fsp3) is 0.0864. The largest absolute Gasteiger partial charge is 0.488 e. The van der Waals surface area contributed by atoms with Crippen molar-refractivity contribution >= 4 is 75.2 Å². The van der Waals surface area contributed by atoms with Crippen molar-refractivity contribution < 1.29 is 19.6 Å². The minimum atomic E-state index is -1.46. The first-order chi connectivity index (χ1) is 42.8. The quantitative estimate of drug-likeness (QED) is 0.0937. The van der Waals surface area contributed by atoms with Crippen molar-refractivity contribution in [3.8, 4) is 55.6 Å². The zero-order valence-electron chi connectivity index (χ0n) is 49.4. The van der Waals surface area contributed by atoms with Crippen LogP contribution >= 0.6 is 15.9 Å². The zero-order valence-corrected chi connectivity index (χ0v) is 51.0. The number of carbonyl (C=O) groups excluding carboxylic acids is 2. The Hall–Kier alpha value is -9.96. The third-order valence-electron chi connectivity index (χ3n) is 17.1. The van der Waals surface area contributed by atoms with Crippen LogP contribution in [0.1, 0.15) is 78.1 Å². The standard InChI is InChI=1S/C40H31NO.C33H26BrN.C7H7BO3.CH4/c1-40(2)38-11-7-6-10-36(38)37-25-24-35(26-39(37)40)41(33-20-16-31(17-21-33)29-8-4-3-5-9-29)34-22-18-32(19-23-34)30-14-12-28(27-42)13-15-30;1-33(2)31-11-7-6-10-29(31)30-21-20-28(22-32(30)33)35(27-18-14-25(34)15-19-27)26-16-12-24(13-17-26)23-8-4-3-5-9-23;9-5-6-1-3-7(4-2-6)8(10)11;/h3-27H,1-2H3;3-22H,1-2H3;1-5,10-11H;1H4. The second-order valence-corrected chi connectivity index (χ2v) is 24.1. The molecule has 0 unspecified atom stereocenters. The Morgan fingerprint density at radius 3 is 0.955 bits per heavy atom. The lowest BCUT2D eigenvalue weighted by Crippen LogP contribution is -2.29. The first kappa shape index (κ1) is 60.7. The number of aldehydes is 2. The highest BCUT2D eigenvalue weighted by Crippen LogP contribution is 2.52. The number of hydrogen-bond donors (Lipinski definition) is 2. The minimum absolute atomic E-state index is 0. The van der Waals surface area contributed by atoms with Crippen LogP contribution in [0.5, 0.6) is 0 Å². The number of rotatable bonds is 12. The summed E-state index contributed by atoms with van der Waals surface area (Å²) in [6.07, 6.45) is 1.58. The van der Waals surface area contributed by atoms with E-state index in [1.54, 1.807) is 0 Å². The Kier molecular flexibility index (Phi) is 17.9. The maximum absolute atomic E-state index is 11.1. The number of halogens is 1. The van der Waals surface area contributed by atoms with Crippen LogP contribution in [-0.4, -0.2) is 29.7 Å². The van der Waals surface area contributed by atoms with Crippen LogP contribution in [0.2, 0.25) is 0 Å². The molecule has 6 nitrogen and oxygen atoms in total. The van der Waals surface area contributed by atoms with Crippen LogP contribution in [-0.2, 0) is 10.8 Å². The SMILES string of the molecule is C.CC1(C)c2ccccc2-c2ccc(N(c3ccc(-c4ccccc4)cc3)c3ccc(-c4ccc(C=O)cc4)cc3)cc21.CC1(C)c2ccccc2-c2ccc(N(c3ccc(Br)cc3)c3ccc(-c4ccccc4)cc3)cc21.O=Cc1ccc(B(O)O)cc1. The van der Waals surface area contributed by atoms with Crippen molar-refractivity contribution in [3.05, 3.63) is 329 Å². The molecule has 2 aliphatic carbocycles. The molecule has 0 spiro atoms. The average molecular weight is 1220 g/mol. The van der Waals surface area contributed by atoms with Crippen molar-refractivity contribution in [2.75, 3.05) is 9.80 Å². The molecular weight excluding hydrogens is 1160 g/mol. The van der Waals surface area contributed by atoms with Crippen molar-refractivity contribution in [3.63, 3.8) is 0 Å². The Morgan fingerprint density at radius 2 is 0.607 bits per heavy atom. The summed E-state index contributed by atoms with van der Waals surface area (Å²) in [6.45, 7) is 9.32. The van der Waals surface area contributed by atoms with E-state index in [9.17, 15) is 9.59 Å². The third-order valence-corrected chi connectivity index (χ3v) is 17.6. The molecule has 0 fully saturated rings. The van der Waals surface area contributed by atoms with E-state index in [4.69, 9.17) is 10.0 Å². The summed E-state index contributed by atoms with van der Waals surface area (Å²) < 4.78 is 1.08. The van der Waals surface area contributed by atoms with E-state index in [2.05, 4.69) is 290 Å². The predicted molar refractivity (Wildman–Crippen MR) is 375 cm³/mol. The summed E-state index contributed by atoms with van der Waals surface area (Å²) in [5, 5.41) is 17.3. The van der Waals surface area contributed by atoms with Gasteiger partial charge in [0.25, 0.3) is 0 Å². The number of nitrogens with zero attached hydrogens (tertiary/aromatic N) is 2. The second-order valence-electron chi connectivity index (χ2n) is 23.2. The second kappa shape index (κ2) is 26.2. The summed E-state index contributed by atoms with van der Waals surface area (Å²) in [4.78, 5) is 26.0. The third kappa shape index (κ3) is 12.5. The smallest absolute Gasteiger partial charge is 0.423 e. The normalized spacial score (nSPS) is 12.4. The van der Waals surface area contributed by atoms with Gasteiger partial charge >= 0.3 is 7.12 Å². The fourth-order valence-corrected chi connectivity index (χ4v) is 12.6. The molecule has 0 saturated heterocycles. The molecule has 0 aromatic heterocycles. The molecule has 0 bridgehead atoms. The van der Waals surface area contributed by atoms with Gasteiger partial charge < -0.3 is 19.8 Å².